The highest BCUT2D eigenvalue weighted by molar-refractivity contribution is 5.89. The minimum absolute atomic E-state index is 0.0678. The highest BCUT2D eigenvalue weighted by Crippen LogP contribution is 2.48. The van der Waals surface area contributed by atoms with Crippen LogP contribution in [0.25, 0.3) is 10.9 Å². The van der Waals surface area contributed by atoms with Crippen molar-refractivity contribution in [2.24, 2.45) is 0 Å². The van der Waals surface area contributed by atoms with Crippen molar-refractivity contribution in [3.05, 3.63) is 29.5 Å². The topological polar surface area (TPSA) is 110 Å². The van der Waals surface area contributed by atoms with Gasteiger partial charge in [-0.1, -0.05) is 19.8 Å². The zero-order valence-electron chi connectivity index (χ0n) is 20.0. The molecule has 1 aromatic heterocycles. The van der Waals surface area contributed by atoms with E-state index in [9.17, 15) is 14.7 Å². The molecule has 1 saturated carbocycles. The minimum atomic E-state index is -0.469. The van der Waals surface area contributed by atoms with E-state index >= 15 is 0 Å². The average Bonchev–Trinajstić information content (AvgIpc) is 3.47. The highest BCUT2D eigenvalue weighted by Gasteiger charge is 2.55. The van der Waals surface area contributed by atoms with Gasteiger partial charge < -0.3 is 35.3 Å². The van der Waals surface area contributed by atoms with Crippen molar-refractivity contribution in [3.8, 4) is 5.75 Å². The number of amides is 4. The number of urea groups is 2. The Kier molecular flexibility index (Phi) is 6.06. The second-order valence-electron chi connectivity index (χ2n) is 9.95. The van der Waals surface area contributed by atoms with Crippen LogP contribution in [0.1, 0.15) is 56.3 Å². The number of aliphatic hydroxyl groups excluding tert-OH is 1. The molecule has 1 saturated heterocycles. The molecule has 34 heavy (non-hydrogen) atoms. The van der Waals surface area contributed by atoms with Crippen LogP contribution < -0.4 is 15.4 Å². The van der Waals surface area contributed by atoms with Gasteiger partial charge in [0.15, 0.2) is 0 Å². The highest BCUT2D eigenvalue weighted by atomic mass is 16.5. The van der Waals surface area contributed by atoms with E-state index in [0.29, 0.717) is 26.2 Å². The van der Waals surface area contributed by atoms with E-state index in [1.807, 2.05) is 30.0 Å². The minimum Gasteiger partial charge on any atom is -0.497 e. The lowest BCUT2D eigenvalue weighted by Crippen LogP contribution is -2.69. The molecular formula is C25H35N5O4. The van der Waals surface area contributed by atoms with Gasteiger partial charge in [-0.3, -0.25) is 0 Å². The van der Waals surface area contributed by atoms with Crippen LogP contribution in [0.15, 0.2) is 18.2 Å². The quantitative estimate of drug-likeness (QED) is 0.540. The number of aliphatic hydroxyl groups is 1. The van der Waals surface area contributed by atoms with Crippen LogP contribution in [0, 0.1) is 0 Å². The third kappa shape index (κ3) is 3.76. The first-order valence-electron chi connectivity index (χ1n) is 12.4. The molecule has 9 heteroatoms. The number of carbonyl (C=O) groups is 2. The van der Waals surface area contributed by atoms with Crippen LogP contribution in [-0.4, -0.2) is 77.9 Å². The Labute approximate surface area is 199 Å². The second-order valence-corrected chi connectivity index (χ2v) is 9.95. The maximum absolute atomic E-state index is 13.4. The fraction of sp³-hybridized carbons (Fsp3) is 0.600. The smallest absolute Gasteiger partial charge is 0.318 e. The van der Waals surface area contributed by atoms with Gasteiger partial charge in [-0.2, -0.15) is 0 Å². The van der Waals surface area contributed by atoms with Crippen LogP contribution in [-0.2, 0) is 5.41 Å². The average molecular weight is 470 g/mol. The van der Waals surface area contributed by atoms with Gasteiger partial charge in [0.2, 0.25) is 0 Å². The number of aromatic amines is 1. The molecule has 2 aromatic rings. The van der Waals surface area contributed by atoms with E-state index in [1.165, 1.54) is 0 Å². The first kappa shape index (κ1) is 22.8. The van der Waals surface area contributed by atoms with Crippen molar-refractivity contribution in [2.45, 2.75) is 56.5 Å². The molecule has 0 radical (unpaired) electrons. The van der Waals surface area contributed by atoms with Gasteiger partial charge in [0.25, 0.3) is 0 Å². The van der Waals surface area contributed by atoms with Crippen LogP contribution in [0.5, 0.6) is 5.75 Å². The number of fused-ring (bicyclic) bond motifs is 4. The fourth-order valence-electron chi connectivity index (χ4n) is 5.98. The monoisotopic (exact) mass is 469 g/mol. The van der Waals surface area contributed by atoms with Gasteiger partial charge >= 0.3 is 12.1 Å². The molecule has 2 fully saturated rings. The molecule has 2 aliphatic heterocycles. The van der Waals surface area contributed by atoms with E-state index in [-0.39, 0.29) is 30.1 Å². The zero-order chi connectivity index (χ0) is 23.9. The van der Waals surface area contributed by atoms with E-state index < -0.39 is 6.04 Å². The summed E-state index contributed by atoms with van der Waals surface area (Å²) < 4.78 is 5.41. The molecular weight excluding hydrogens is 434 g/mol. The second kappa shape index (κ2) is 9.02. The number of nitrogens with zero attached hydrogens (tertiary/aromatic N) is 2. The van der Waals surface area contributed by atoms with Crippen molar-refractivity contribution in [3.63, 3.8) is 0 Å². The van der Waals surface area contributed by atoms with E-state index in [2.05, 4.69) is 15.6 Å². The number of H-pyrrole nitrogens is 1. The van der Waals surface area contributed by atoms with E-state index in [1.54, 1.807) is 12.0 Å². The SMILES string of the molecule is CCCNC(=O)N1CC2(C1)CN(C(=O)NC1CCCC1)[C@@H](CO)c1[nH]c3cc(OC)ccc3c12. The molecule has 1 spiro atoms. The Morgan fingerprint density at radius 2 is 1.97 bits per heavy atom. The van der Waals surface area contributed by atoms with Gasteiger partial charge in [0.1, 0.15) is 5.75 Å². The third-order valence-corrected chi connectivity index (χ3v) is 7.66. The molecule has 4 N–H and O–H groups in total. The zero-order valence-corrected chi connectivity index (χ0v) is 20.0. The summed E-state index contributed by atoms with van der Waals surface area (Å²) in [5, 5.41) is 17.6. The Hall–Kier alpha value is -2.94. The predicted molar refractivity (Wildman–Crippen MR) is 129 cm³/mol. The Balaban J connectivity index is 1.51. The largest absolute Gasteiger partial charge is 0.497 e. The summed E-state index contributed by atoms with van der Waals surface area (Å²) in [7, 11) is 1.63. The summed E-state index contributed by atoms with van der Waals surface area (Å²) in [6.07, 6.45) is 5.14. The van der Waals surface area contributed by atoms with Gasteiger partial charge in [0, 0.05) is 54.9 Å². The lowest BCUT2D eigenvalue weighted by Gasteiger charge is -2.55. The van der Waals surface area contributed by atoms with Crippen molar-refractivity contribution in [2.75, 3.05) is 39.9 Å². The van der Waals surface area contributed by atoms with Crippen LogP contribution in [0.4, 0.5) is 9.59 Å². The molecule has 1 aliphatic carbocycles. The third-order valence-electron chi connectivity index (χ3n) is 7.66. The molecule has 184 valence electrons. The number of rotatable bonds is 5. The molecule has 0 unspecified atom stereocenters. The lowest BCUT2D eigenvalue weighted by molar-refractivity contribution is 0.0305. The number of hydrogen-bond donors (Lipinski definition) is 4. The first-order valence-corrected chi connectivity index (χ1v) is 12.4. The van der Waals surface area contributed by atoms with Gasteiger partial charge in [-0.15, -0.1) is 0 Å². The molecule has 1 aromatic carbocycles. The van der Waals surface area contributed by atoms with Crippen molar-refractivity contribution >= 4 is 23.0 Å². The predicted octanol–water partition coefficient (Wildman–Crippen LogP) is 2.85. The fourth-order valence-corrected chi connectivity index (χ4v) is 5.98. The maximum atomic E-state index is 13.4. The summed E-state index contributed by atoms with van der Waals surface area (Å²) >= 11 is 0. The standard InChI is InChI=1S/C25H35N5O4/c1-3-10-26-23(32)29-13-25(14-29)15-30(24(33)27-16-6-4-5-7-16)20(12-31)22-21(25)18-9-8-17(34-2)11-19(18)28-22/h8-9,11,16,20,28,31H,3-7,10,12-15H2,1-2H3,(H,26,32)(H,27,33)/t20-/m0/s1. The van der Waals surface area contributed by atoms with Crippen LogP contribution in [0.3, 0.4) is 0 Å². The molecule has 3 aliphatic rings. The van der Waals surface area contributed by atoms with Gasteiger partial charge in [-0.25, -0.2) is 9.59 Å². The van der Waals surface area contributed by atoms with E-state index in [0.717, 1.165) is 60.0 Å². The number of carbonyl (C=O) groups excluding carboxylic acids is 2. The van der Waals surface area contributed by atoms with Crippen molar-refractivity contribution < 1.29 is 19.4 Å². The molecule has 1 atom stereocenters. The summed E-state index contributed by atoms with van der Waals surface area (Å²) in [6.45, 7) is 4.01. The number of methoxy groups -OCH3 is 1. The van der Waals surface area contributed by atoms with Gasteiger partial charge in [-0.05, 0) is 37.0 Å². The molecule has 9 nitrogen and oxygen atoms in total. The van der Waals surface area contributed by atoms with Crippen LogP contribution in [0.2, 0.25) is 0 Å². The number of likely N-dealkylation sites (tertiary alicyclic amines) is 1. The van der Waals surface area contributed by atoms with Crippen LogP contribution >= 0.6 is 0 Å². The summed E-state index contributed by atoms with van der Waals surface area (Å²) in [5.74, 6) is 0.741. The summed E-state index contributed by atoms with van der Waals surface area (Å²) in [4.78, 5) is 33.1. The molecule has 4 amide bonds. The van der Waals surface area contributed by atoms with Crippen molar-refractivity contribution in [1.29, 1.82) is 0 Å². The number of benzene rings is 1. The molecule has 0 bridgehead atoms. The summed E-state index contributed by atoms with van der Waals surface area (Å²) in [6, 6.07) is 5.43. The Bertz CT molecular complexity index is 1070. The lowest BCUT2D eigenvalue weighted by atomic mass is 9.69. The van der Waals surface area contributed by atoms with Gasteiger partial charge in [0.05, 0.1) is 25.2 Å². The number of nitrogens with one attached hydrogen (secondary N) is 3. The maximum Gasteiger partial charge on any atom is 0.318 e. The summed E-state index contributed by atoms with van der Waals surface area (Å²) in [5.41, 5.74) is 2.49. The number of aromatic nitrogens is 1. The first-order chi connectivity index (χ1) is 16.5. The number of hydrogen-bond acceptors (Lipinski definition) is 4. The van der Waals surface area contributed by atoms with Crippen molar-refractivity contribution in [1.82, 2.24) is 25.4 Å². The molecule has 3 heterocycles. The normalized spacial score (nSPS) is 21.4. The Morgan fingerprint density at radius 3 is 2.65 bits per heavy atom. The Morgan fingerprint density at radius 1 is 1.21 bits per heavy atom. The molecule has 5 rings (SSSR count). The van der Waals surface area contributed by atoms with E-state index in [4.69, 9.17) is 4.74 Å². The number of ether oxygens (including phenoxy) is 1.